The van der Waals surface area contributed by atoms with Gasteiger partial charge >= 0.3 is 0 Å². The second-order valence-corrected chi connectivity index (χ2v) is 7.17. The molecule has 27 heavy (non-hydrogen) atoms. The molecule has 1 amide bonds. The smallest absolute Gasteiger partial charge is 0.238 e. The summed E-state index contributed by atoms with van der Waals surface area (Å²) in [7, 11) is 0. The number of nitrogens with zero attached hydrogens (tertiary/aromatic N) is 4. The van der Waals surface area contributed by atoms with Gasteiger partial charge in [0.15, 0.2) is 5.76 Å². The number of hydrogen-bond donors (Lipinski definition) is 1. The van der Waals surface area contributed by atoms with Crippen molar-refractivity contribution in [3.05, 3.63) is 60.4 Å². The summed E-state index contributed by atoms with van der Waals surface area (Å²) in [6, 6.07) is 9.55. The molecule has 1 saturated heterocycles. The van der Waals surface area contributed by atoms with Crippen LogP contribution in [0.1, 0.15) is 24.3 Å². The van der Waals surface area contributed by atoms with E-state index in [-0.39, 0.29) is 5.91 Å². The van der Waals surface area contributed by atoms with E-state index in [1.807, 2.05) is 30.3 Å². The van der Waals surface area contributed by atoms with Gasteiger partial charge in [0.2, 0.25) is 5.91 Å². The van der Waals surface area contributed by atoms with E-state index in [2.05, 4.69) is 25.3 Å². The molecule has 5 heterocycles. The Labute approximate surface area is 156 Å². The van der Waals surface area contributed by atoms with Crippen molar-refractivity contribution in [3.63, 3.8) is 0 Å². The maximum absolute atomic E-state index is 12.8. The number of amides is 1. The molecule has 3 aromatic rings. The molecule has 1 N–H and O–H groups in total. The molecule has 1 fully saturated rings. The van der Waals surface area contributed by atoms with Crippen molar-refractivity contribution in [2.24, 2.45) is 0 Å². The van der Waals surface area contributed by atoms with Crippen LogP contribution in [-0.4, -0.2) is 39.0 Å². The molecule has 0 aromatic carbocycles. The highest BCUT2D eigenvalue weighted by atomic mass is 16.5. The van der Waals surface area contributed by atoms with Crippen molar-refractivity contribution >= 4 is 11.6 Å². The summed E-state index contributed by atoms with van der Waals surface area (Å²) in [5.41, 5.74) is 2.84. The van der Waals surface area contributed by atoms with Crippen LogP contribution in [0.3, 0.4) is 0 Å². The number of rotatable bonds is 3. The van der Waals surface area contributed by atoms with Gasteiger partial charge in [0.25, 0.3) is 0 Å². The number of pyridine rings is 2. The van der Waals surface area contributed by atoms with E-state index >= 15 is 0 Å². The molecular formula is C20H19N5O2. The van der Waals surface area contributed by atoms with E-state index in [4.69, 9.17) is 4.52 Å². The van der Waals surface area contributed by atoms with Crippen LogP contribution in [-0.2, 0) is 16.8 Å². The van der Waals surface area contributed by atoms with Crippen molar-refractivity contribution in [1.82, 2.24) is 20.0 Å². The van der Waals surface area contributed by atoms with Crippen LogP contribution >= 0.6 is 0 Å². The Morgan fingerprint density at radius 2 is 2.19 bits per heavy atom. The van der Waals surface area contributed by atoms with Gasteiger partial charge in [0.1, 0.15) is 11.1 Å². The van der Waals surface area contributed by atoms with Crippen molar-refractivity contribution < 1.29 is 9.32 Å². The van der Waals surface area contributed by atoms with Crippen LogP contribution in [0.15, 0.2) is 53.4 Å². The van der Waals surface area contributed by atoms with E-state index in [1.54, 1.807) is 18.6 Å². The third-order valence-electron chi connectivity index (χ3n) is 5.41. The van der Waals surface area contributed by atoms with Gasteiger partial charge in [0, 0.05) is 36.8 Å². The normalized spacial score (nSPS) is 22.0. The predicted octanol–water partition coefficient (Wildman–Crippen LogP) is 2.62. The van der Waals surface area contributed by atoms with E-state index in [9.17, 15) is 4.79 Å². The summed E-state index contributed by atoms with van der Waals surface area (Å²) in [6.45, 7) is 2.16. The van der Waals surface area contributed by atoms with Crippen molar-refractivity contribution in [2.45, 2.75) is 24.8 Å². The molecule has 0 bridgehead atoms. The van der Waals surface area contributed by atoms with Crippen LogP contribution in [0.25, 0.3) is 11.3 Å². The molecule has 5 rings (SSSR count). The Morgan fingerprint density at radius 1 is 1.26 bits per heavy atom. The number of fused-ring (bicyclic) bond motifs is 2. The number of anilines is 1. The molecule has 0 aliphatic carbocycles. The topological polar surface area (TPSA) is 84.2 Å². The van der Waals surface area contributed by atoms with Crippen LogP contribution in [0.4, 0.5) is 5.69 Å². The maximum atomic E-state index is 12.8. The maximum Gasteiger partial charge on any atom is 0.238 e. The summed E-state index contributed by atoms with van der Waals surface area (Å²) in [4.78, 5) is 23.7. The summed E-state index contributed by atoms with van der Waals surface area (Å²) in [6.07, 6.45) is 7.01. The fourth-order valence-electron chi connectivity index (χ4n) is 4.15. The number of nitrogens with one attached hydrogen (secondary N) is 1. The molecule has 1 atom stereocenters. The zero-order chi connectivity index (χ0) is 18.3. The van der Waals surface area contributed by atoms with Gasteiger partial charge in [-0.3, -0.25) is 19.7 Å². The Kier molecular flexibility index (Phi) is 3.75. The first-order valence-corrected chi connectivity index (χ1v) is 9.10. The number of aromatic nitrogens is 3. The lowest BCUT2D eigenvalue weighted by Gasteiger charge is -2.37. The molecule has 136 valence electrons. The second kappa shape index (κ2) is 6.28. The van der Waals surface area contributed by atoms with Crippen molar-refractivity contribution in [3.8, 4) is 11.3 Å². The van der Waals surface area contributed by atoms with Crippen LogP contribution in [0.2, 0.25) is 0 Å². The van der Waals surface area contributed by atoms with Gasteiger partial charge in [-0.25, -0.2) is 0 Å². The first-order valence-electron chi connectivity index (χ1n) is 9.10. The number of carbonyl (C=O) groups excluding carboxylic acids is 1. The zero-order valence-corrected chi connectivity index (χ0v) is 14.8. The molecule has 7 nitrogen and oxygen atoms in total. The van der Waals surface area contributed by atoms with Crippen molar-refractivity contribution in [2.75, 3.05) is 18.4 Å². The highest BCUT2D eigenvalue weighted by Crippen LogP contribution is 2.42. The Balaban J connectivity index is 1.37. The number of likely N-dealkylation sites (tertiary alicyclic amines) is 1. The van der Waals surface area contributed by atoms with E-state index < -0.39 is 5.41 Å². The lowest BCUT2D eigenvalue weighted by Crippen LogP contribution is -2.50. The predicted molar refractivity (Wildman–Crippen MR) is 98.8 cm³/mol. The number of carbonyl (C=O) groups is 1. The van der Waals surface area contributed by atoms with Crippen molar-refractivity contribution in [1.29, 1.82) is 0 Å². The highest BCUT2D eigenvalue weighted by Gasteiger charge is 2.50. The minimum atomic E-state index is -0.568. The van der Waals surface area contributed by atoms with E-state index in [0.29, 0.717) is 13.1 Å². The van der Waals surface area contributed by atoms with Gasteiger partial charge in [-0.05, 0) is 43.7 Å². The lowest BCUT2D eigenvalue weighted by molar-refractivity contribution is -0.123. The molecule has 3 aromatic heterocycles. The summed E-state index contributed by atoms with van der Waals surface area (Å²) in [5.74, 6) is 0.833. The molecule has 0 radical (unpaired) electrons. The molecule has 2 aliphatic rings. The second-order valence-electron chi connectivity index (χ2n) is 7.17. The Hall–Kier alpha value is -3.06. The fourth-order valence-corrected chi connectivity index (χ4v) is 4.15. The van der Waals surface area contributed by atoms with Gasteiger partial charge in [-0.1, -0.05) is 5.16 Å². The molecule has 1 spiro atoms. The van der Waals surface area contributed by atoms with Gasteiger partial charge in [-0.2, -0.15) is 0 Å². The monoisotopic (exact) mass is 361 g/mol. The van der Waals surface area contributed by atoms with Crippen LogP contribution < -0.4 is 5.32 Å². The Morgan fingerprint density at radius 3 is 3.07 bits per heavy atom. The van der Waals surface area contributed by atoms with E-state index in [1.165, 1.54) is 0 Å². The number of piperidine rings is 1. The molecular weight excluding hydrogens is 342 g/mol. The lowest BCUT2D eigenvalue weighted by atomic mass is 9.77. The quantitative estimate of drug-likeness (QED) is 0.772. The molecule has 0 saturated carbocycles. The summed E-state index contributed by atoms with van der Waals surface area (Å²) in [5, 5.41) is 7.16. The average Bonchev–Trinajstić information content (AvgIpc) is 3.27. The minimum Gasteiger partial charge on any atom is -0.359 e. The summed E-state index contributed by atoms with van der Waals surface area (Å²) < 4.78 is 5.53. The Bertz CT molecular complexity index is 987. The van der Waals surface area contributed by atoms with E-state index in [0.717, 1.165) is 47.8 Å². The minimum absolute atomic E-state index is 0.0505. The highest BCUT2D eigenvalue weighted by molar-refractivity contribution is 6.05. The third-order valence-corrected chi connectivity index (χ3v) is 5.41. The molecule has 7 heteroatoms. The van der Waals surface area contributed by atoms with Crippen LogP contribution in [0, 0.1) is 0 Å². The zero-order valence-electron chi connectivity index (χ0n) is 14.8. The fraction of sp³-hybridized carbons (Fsp3) is 0.300. The SMILES string of the molecule is O=C1Nc2cccnc2C12CCCN(Cc1cc(-c3cccnc3)no1)C2. The third kappa shape index (κ3) is 2.71. The first-order chi connectivity index (χ1) is 13.2. The van der Waals surface area contributed by atoms with Gasteiger partial charge < -0.3 is 9.84 Å². The van der Waals surface area contributed by atoms with Gasteiger partial charge in [-0.15, -0.1) is 0 Å². The largest absolute Gasteiger partial charge is 0.359 e. The average molecular weight is 361 g/mol. The first kappa shape index (κ1) is 16.1. The standard InChI is InChI=1S/C20H19N5O2/c26-19-20(18-16(23-19)5-2-8-22-18)6-3-9-25(13-20)12-15-10-17(24-27-15)14-4-1-7-21-11-14/h1-2,4-5,7-8,10-11H,3,6,9,12-13H2,(H,23,26). The number of hydrogen-bond acceptors (Lipinski definition) is 6. The molecule has 1 unspecified atom stereocenters. The van der Waals surface area contributed by atoms with Gasteiger partial charge in [0.05, 0.1) is 17.9 Å². The summed E-state index contributed by atoms with van der Waals surface area (Å²) >= 11 is 0. The van der Waals surface area contributed by atoms with Crippen LogP contribution in [0.5, 0.6) is 0 Å². The molecule has 2 aliphatic heterocycles.